The van der Waals surface area contributed by atoms with E-state index in [0.717, 1.165) is 6.07 Å². The molecule has 102 valence electrons. The van der Waals surface area contributed by atoms with Gasteiger partial charge in [-0.05, 0) is 0 Å². The molecule has 0 aliphatic heterocycles. The quantitative estimate of drug-likeness (QED) is 0.802. The first-order chi connectivity index (χ1) is 8.40. The number of hydrogen-bond acceptors (Lipinski definition) is 6. The fourth-order valence-corrected chi connectivity index (χ4v) is 2.16. The van der Waals surface area contributed by atoms with Gasteiger partial charge in [0.15, 0.2) is 11.5 Å². The van der Waals surface area contributed by atoms with E-state index in [1.165, 1.54) is 28.4 Å². The van der Waals surface area contributed by atoms with E-state index in [-0.39, 0.29) is 23.0 Å². The molecule has 1 N–H and O–H groups in total. The van der Waals surface area contributed by atoms with Crippen molar-refractivity contribution in [3.05, 3.63) is 6.07 Å². The first-order valence-corrected chi connectivity index (χ1v) is 6.19. The number of rotatable bonds is 5. The lowest BCUT2D eigenvalue weighted by molar-refractivity contribution is 0.299. The number of methoxy groups -OCH3 is 4. The average Bonchev–Trinajstić information content (AvgIpc) is 2.34. The first-order valence-electron chi connectivity index (χ1n) is 4.75. The second-order valence-corrected chi connectivity index (χ2v) is 4.54. The third-order valence-corrected chi connectivity index (χ3v) is 3.09. The van der Waals surface area contributed by atoms with Crippen molar-refractivity contribution in [3.63, 3.8) is 0 Å². The van der Waals surface area contributed by atoms with Gasteiger partial charge in [0.1, 0.15) is 4.90 Å². The third kappa shape index (κ3) is 2.44. The molecule has 0 unspecified atom stereocenters. The van der Waals surface area contributed by atoms with Crippen molar-refractivity contribution in [1.82, 2.24) is 0 Å². The van der Waals surface area contributed by atoms with Crippen LogP contribution in [0.25, 0.3) is 0 Å². The zero-order valence-corrected chi connectivity index (χ0v) is 11.2. The van der Waals surface area contributed by atoms with Gasteiger partial charge in [0, 0.05) is 6.07 Å². The lowest BCUT2D eigenvalue weighted by Gasteiger charge is -2.17. The lowest BCUT2D eigenvalue weighted by atomic mass is 10.2. The van der Waals surface area contributed by atoms with E-state index in [0.29, 0.717) is 0 Å². The van der Waals surface area contributed by atoms with Crippen LogP contribution in [0.3, 0.4) is 0 Å². The summed E-state index contributed by atoms with van der Waals surface area (Å²) in [6.07, 6.45) is 0. The molecule has 0 amide bonds. The van der Waals surface area contributed by atoms with Gasteiger partial charge in [-0.1, -0.05) is 0 Å². The summed E-state index contributed by atoms with van der Waals surface area (Å²) in [5, 5.41) is 0. The fraction of sp³-hybridized carbons (Fsp3) is 0.400. The maximum Gasteiger partial charge on any atom is 0.298 e. The molecule has 0 bridgehead atoms. The molecule has 1 aromatic carbocycles. The van der Waals surface area contributed by atoms with Gasteiger partial charge in [0.25, 0.3) is 10.1 Å². The van der Waals surface area contributed by atoms with Gasteiger partial charge in [0.2, 0.25) is 11.5 Å². The summed E-state index contributed by atoms with van der Waals surface area (Å²) in [7, 11) is 0.784. The van der Waals surface area contributed by atoms with Crippen LogP contribution in [0.2, 0.25) is 0 Å². The van der Waals surface area contributed by atoms with Crippen LogP contribution in [0.4, 0.5) is 0 Å². The molecule has 1 rings (SSSR count). The Labute approximate surface area is 105 Å². The Hall–Kier alpha value is -1.67. The molecule has 0 fully saturated rings. The molecule has 8 heteroatoms. The van der Waals surface area contributed by atoms with Crippen molar-refractivity contribution in [2.24, 2.45) is 0 Å². The molecule has 0 saturated heterocycles. The van der Waals surface area contributed by atoms with Crippen LogP contribution in [-0.2, 0) is 10.1 Å². The molecule has 7 nitrogen and oxygen atoms in total. The van der Waals surface area contributed by atoms with Crippen LogP contribution in [0, 0.1) is 0 Å². The van der Waals surface area contributed by atoms with Crippen molar-refractivity contribution >= 4 is 10.1 Å². The van der Waals surface area contributed by atoms with Gasteiger partial charge in [0.05, 0.1) is 28.4 Å². The number of ether oxygens (including phenoxy) is 4. The Balaban J connectivity index is 3.75. The van der Waals surface area contributed by atoms with Crippen molar-refractivity contribution in [2.45, 2.75) is 4.90 Å². The summed E-state index contributed by atoms with van der Waals surface area (Å²) in [6.45, 7) is 0. The zero-order valence-electron chi connectivity index (χ0n) is 10.4. The van der Waals surface area contributed by atoms with Crippen LogP contribution in [-0.4, -0.2) is 41.4 Å². The monoisotopic (exact) mass is 278 g/mol. The summed E-state index contributed by atoms with van der Waals surface area (Å²) in [4.78, 5) is -0.459. The van der Waals surface area contributed by atoms with Crippen molar-refractivity contribution in [1.29, 1.82) is 0 Å². The van der Waals surface area contributed by atoms with Gasteiger partial charge < -0.3 is 18.9 Å². The Kier molecular flexibility index (Phi) is 4.25. The molecule has 0 aromatic heterocycles. The largest absolute Gasteiger partial charge is 0.493 e. The normalized spacial score (nSPS) is 10.9. The third-order valence-electron chi connectivity index (χ3n) is 2.23. The Bertz CT molecular complexity index is 536. The lowest BCUT2D eigenvalue weighted by Crippen LogP contribution is -2.05. The standard InChI is InChI=1S/C10H14O7S/c1-14-6-5-7(18(11,12)13)9(16-3)10(17-4)8(6)15-2/h5H,1-4H3,(H,11,12,13). The highest BCUT2D eigenvalue weighted by Gasteiger charge is 2.27. The van der Waals surface area contributed by atoms with Gasteiger partial charge in [-0.15, -0.1) is 0 Å². The van der Waals surface area contributed by atoms with Crippen molar-refractivity contribution in [2.75, 3.05) is 28.4 Å². The van der Waals surface area contributed by atoms with Crippen LogP contribution in [0.15, 0.2) is 11.0 Å². The summed E-state index contributed by atoms with van der Waals surface area (Å²) in [5.41, 5.74) is 0. The van der Waals surface area contributed by atoms with Gasteiger partial charge >= 0.3 is 0 Å². The van der Waals surface area contributed by atoms with Gasteiger partial charge in [-0.3, -0.25) is 4.55 Å². The molecular formula is C10H14O7S. The Morgan fingerprint density at radius 2 is 1.39 bits per heavy atom. The highest BCUT2D eigenvalue weighted by atomic mass is 32.2. The predicted octanol–water partition coefficient (Wildman–Crippen LogP) is 0.968. The maximum atomic E-state index is 11.3. The number of benzene rings is 1. The molecule has 18 heavy (non-hydrogen) atoms. The smallest absolute Gasteiger partial charge is 0.298 e. The van der Waals surface area contributed by atoms with Gasteiger partial charge in [-0.2, -0.15) is 8.42 Å². The molecule has 0 heterocycles. The summed E-state index contributed by atoms with van der Waals surface area (Å²) < 4.78 is 51.7. The van der Waals surface area contributed by atoms with Crippen LogP contribution in [0.1, 0.15) is 0 Å². The first kappa shape index (κ1) is 14.4. The molecule has 0 saturated carbocycles. The molecule has 1 aromatic rings. The van der Waals surface area contributed by atoms with Crippen LogP contribution < -0.4 is 18.9 Å². The van der Waals surface area contributed by atoms with Crippen LogP contribution in [0.5, 0.6) is 23.0 Å². The maximum absolute atomic E-state index is 11.3. The predicted molar refractivity (Wildman–Crippen MR) is 62.5 cm³/mol. The average molecular weight is 278 g/mol. The highest BCUT2D eigenvalue weighted by molar-refractivity contribution is 7.86. The summed E-state index contributed by atoms with van der Waals surface area (Å²) in [6, 6.07) is 1.09. The molecule has 0 aliphatic rings. The SMILES string of the molecule is COc1cc(S(=O)(=O)O)c(OC)c(OC)c1OC. The van der Waals surface area contributed by atoms with Crippen molar-refractivity contribution < 1.29 is 31.9 Å². The second kappa shape index (κ2) is 5.32. The van der Waals surface area contributed by atoms with Gasteiger partial charge in [-0.25, -0.2) is 0 Å². The van der Waals surface area contributed by atoms with E-state index in [1.54, 1.807) is 0 Å². The Morgan fingerprint density at radius 3 is 1.72 bits per heavy atom. The zero-order chi connectivity index (χ0) is 13.9. The van der Waals surface area contributed by atoms with E-state index in [9.17, 15) is 8.42 Å². The Morgan fingerprint density at radius 1 is 0.889 bits per heavy atom. The minimum Gasteiger partial charge on any atom is -0.493 e. The van der Waals surface area contributed by atoms with Crippen molar-refractivity contribution in [3.8, 4) is 23.0 Å². The fourth-order valence-electron chi connectivity index (χ4n) is 1.49. The molecule has 0 radical (unpaired) electrons. The molecule has 0 aliphatic carbocycles. The molecule has 0 spiro atoms. The second-order valence-electron chi connectivity index (χ2n) is 3.15. The number of hydrogen-bond donors (Lipinski definition) is 1. The molecule has 0 atom stereocenters. The minimum absolute atomic E-state index is 0.0203. The summed E-state index contributed by atoms with van der Waals surface area (Å²) >= 11 is 0. The van der Waals surface area contributed by atoms with Crippen LogP contribution >= 0.6 is 0 Å². The molecular weight excluding hydrogens is 264 g/mol. The minimum atomic E-state index is -4.48. The summed E-state index contributed by atoms with van der Waals surface area (Å²) in [5.74, 6) is 0.136. The van der Waals surface area contributed by atoms with E-state index in [4.69, 9.17) is 23.5 Å². The van der Waals surface area contributed by atoms with E-state index in [2.05, 4.69) is 0 Å². The van der Waals surface area contributed by atoms with E-state index < -0.39 is 15.0 Å². The topological polar surface area (TPSA) is 91.3 Å². The van der Waals surface area contributed by atoms with E-state index in [1.807, 2.05) is 0 Å². The highest BCUT2D eigenvalue weighted by Crippen LogP contribution is 2.47. The van der Waals surface area contributed by atoms with E-state index >= 15 is 0 Å².